The Bertz CT molecular complexity index is 776. The molecular formula is C22H28FN3O2. The van der Waals surface area contributed by atoms with Gasteiger partial charge in [0.15, 0.2) is 0 Å². The standard InChI is InChI=1S/C22H28FN3O2/c1-2-18-6-3-4-9-21(18)24-22(27)17-26-12-10-25(11-13-26)14-15-28-20-8-5-7-19(23)16-20/h3-9,16H,2,10-15,17H2,1H3,(H,24,27). The van der Waals surface area contributed by atoms with Crippen molar-refractivity contribution < 1.29 is 13.9 Å². The normalized spacial score (nSPS) is 15.4. The van der Waals surface area contributed by atoms with E-state index in [-0.39, 0.29) is 11.7 Å². The molecule has 0 unspecified atom stereocenters. The molecule has 0 saturated carbocycles. The van der Waals surface area contributed by atoms with Crippen LogP contribution >= 0.6 is 0 Å². The summed E-state index contributed by atoms with van der Waals surface area (Å²) in [5.41, 5.74) is 2.06. The molecule has 5 nitrogen and oxygen atoms in total. The van der Waals surface area contributed by atoms with Gasteiger partial charge in [-0.3, -0.25) is 14.6 Å². The third kappa shape index (κ3) is 6.04. The predicted molar refractivity (Wildman–Crippen MR) is 109 cm³/mol. The van der Waals surface area contributed by atoms with E-state index in [4.69, 9.17) is 4.74 Å². The molecule has 1 saturated heterocycles. The number of ether oxygens (including phenoxy) is 1. The Hall–Kier alpha value is -2.44. The number of nitrogens with zero attached hydrogens (tertiary/aromatic N) is 2. The average molecular weight is 385 g/mol. The van der Waals surface area contributed by atoms with Gasteiger partial charge < -0.3 is 10.1 Å². The van der Waals surface area contributed by atoms with Crippen LogP contribution in [0.25, 0.3) is 0 Å². The van der Waals surface area contributed by atoms with Gasteiger partial charge in [-0.2, -0.15) is 0 Å². The number of nitrogens with one attached hydrogen (secondary N) is 1. The zero-order valence-electron chi connectivity index (χ0n) is 16.4. The Balaban J connectivity index is 1.36. The highest BCUT2D eigenvalue weighted by Gasteiger charge is 2.19. The highest BCUT2D eigenvalue weighted by atomic mass is 19.1. The van der Waals surface area contributed by atoms with Gasteiger partial charge in [-0.25, -0.2) is 4.39 Å². The molecule has 0 aromatic heterocycles. The first-order chi connectivity index (χ1) is 13.6. The second-order valence-electron chi connectivity index (χ2n) is 6.98. The van der Waals surface area contributed by atoms with Crippen molar-refractivity contribution in [1.29, 1.82) is 0 Å². The Kier molecular flexibility index (Phi) is 7.39. The molecule has 1 fully saturated rings. The average Bonchev–Trinajstić information content (AvgIpc) is 2.70. The van der Waals surface area contributed by atoms with Gasteiger partial charge in [-0.1, -0.05) is 31.2 Å². The third-order valence-electron chi connectivity index (χ3n) is 4.98. The lowest BCUT2D eigenvalue weighted by molar-refractivity contribution is -0.117. The number of amides is 1. The van der Waals surface area contributed by atoms with Crippen molar-refractivity contribution in [2.75, 3.05) is 51.2 Å². The number of carbonyl (C=O) groups is 1. The second-order valence-corrected chi connectivity index (χ2v) is 6.98. The van der Waals surface area contributed by atoms with Crippen LogP contribution in [0.3, 0.4) is 0 Å². The number of piperazine rings is 1. The maximum atomic E-state index is 13.1. The van der Waals surface area contributed by atoms with Gasteiger partial charge in [0.1, 0.15) is 18.2 Å². The van der Waals surface area contributed by atoms with Crippen molar-refractivity contribution in [2.24, 2.45) is 0 Å². The minimum Gasteiger partial charge on any atom is -0.492 e. The highest BCUT2D eigenvalue weighted by Crippen LogP contribution is 2.15. The number of hydrogen-bond donors (Lipinski definition) is 1. The van der Waals surface area contributed by atoms with Gasteiger partial charge in [0.25, 0.3) is 0 Å². The molecule has 1 heterocycles. The largest absolute Gasteiger partial charge is 0.492 e. The van der Waals surface area contributed by atoms with Crippen LogP contribution < -0.4 is 10.1 Å². The molecule has 1 aliphatic rings. The fourth-order valence-electron chi connectivity index (χ4n) is 3.36. The van der Waals surface area contributed by atoms with Gasteiger partial charge in [-0.05, 0) is 30.2 Å². The van der Waals surface area contributed by atoms with Crippen LogP contribution in [0.5, 0.6) is 5.75 Å². The van der Waals surface area contributed by atoms with Gasteiger partial charge in [0.05, 0.1) is 6.54 Å². The lowest BCUT2D eigenvalue weighted by Gasteiger charge is -2.34. The number of hydrogen-bond acceptors (Lipinski definition) is 4. The highest BCUT2D eigenvalue weighted by molar-refractivity contribution is 5.93. The van der Waals surface area contributed by atoms with E-state index >= 15 is 0 Å². The van der Waals surface area contributed by atoms with Crippen LogP contribution in [0.1, 0.15) is 12.5 Å². The Morgan fingerprint density at radius 2 is 1.82 bits per heavy atom. The Labute approximate surface area is 166 Å². The summed E-state index contributed by atoms with van der Waals surface area (Å²) in [7, 11) is 0. The topological polar surface area (TPSA) is 44.8 Å². The second kappa shape index (κ2) is 10.2. The van der Waals surface area contributed by atoms with E-state index in [0.29, 0.717) is 18.9 Å². The van der Waals surface area contributed by atoms with E-state index in [1.165, 1.54) is 12.1 Å². The molecule has 1 N–H and O–H groups in total. The smallest absolute Gasteiger partial charge is 0.238 e. The molecule has 28 heavy (non-hydrogen) atoms. The molecule has 0 aliphatic carbocycles. The Morgan fingerprint density at radius 1 is 1.07 bits per heavy atom. The van der Waals surface area contributed by atoms with Crippen LogP contribution in [0.2, 0.25) is 0 Å². The number of benzene rings is 2. The van der Waals surface area contributed by atoms with Gasteiger partial charge in [0, 0.05) is 44.5 Å². The number of rotatable bonds is 8. The summed E-state index contributed by atoms with van der Waals surface area (Å²) in [4.78, 5) is 16.8. The van der Waals surface area contributed by atoms with Crippen molar-refractivity contribution in [3.63, 3.8) is 0 Å². The zero-order chi connectivity index (χ0) is 19.8. The molecule has 0 bridgehead atoms. The molecule has 0 spiro atoms. The van der Waals surface area contributed by atoms with Gasteiger partial charge >= 0.3 is 0 Å². The van der Waals surface area contributed by atoms with E-state index in [9.17, 15) is 9.18 Å². The maximum Gasteiger partial charge on any atom is 0.238 e. The summed E-state index contributed by atoms with van der Waals surface area (Å²) in [5.74, 6) is 0.303. The van der Waals surface area contributed by atoms with E-state index in [1.54, 1.807) is 12.1 Å². The minimum absolute atomic E-state index is 0.0313. The van der Waals surface area contributed by atoms with Crippen LogP contribution in [0, 0.1) is 5.82 Å². The molecule has 0 atom stereocenters. The molecule has 1 aliphatic heterocycles. The number of aryl methyl sites for hydroxylation is 1. The summed E-state index contributed by atoms with van der Waals surface area (Å²) in [5, 5.41) is 3.03. The molecule has 0 radical (unpaired) electrons. The molecule has 2 aromatic carbocycles. The van der Waals surface area contributed by atoms with Crippen LogP contribution in [0.15, 0.2) is 48.5 Å². The van der Waals surface area contributed by atoms with Crippen molar-refractivity contribution in [3.8, 4) is 5.75 Å². The molecular weight excluding hydrogens is 357 g/mol. The molecule has 150 valence electrons. The molecule has 6 heteroatoms. The van der Waals surface area contributed by atoms with Gasteiger partial charge in [0.2, 0.25) is 5.91 Å². The number of carbonyl (C=O) groups excluding carboxylic acids is 1. The summed E-state index contributed by atoms with van der Waals surface area (Å²) >= 11 is 0. The summed E-state index contributed by atoms with van der Waals surface area (Å²) in [6.45, 7) is 7.30. The SMILES string of the molecule is CCc1ccccc1NC(=O)CN1CCN(CCOc2cccc(F)c2)CC1. The quantitative estimate of drug-likeness (QED) is 0.759. The lowest BCUT2D eigenvalue weighted by atomic mass is 10.1. The molecule has 1 amide bonds. The number of halogens is 1. The minimum atomic E-state index is -0.286. The lowest BCUT2D eigenvalue weighted by Crippen LogP contribution is -2.49. The number of anilines is 1. The van der Waals surface area contributed by atoms with E-state index < -0.39 is 0 Å². The van der Waals surface area contributed by atoms with Crippen molar-refractivity contribution >= 4 is 11.6 Å². The number of para-hydroxylation sites is 1. The van der Waals surface area contributed by atoms with Crippen molar-refractivity contribution in [2.45, 2.75) is 13.3 Å². The van der Waals surface area contributed by atoms with E-state index in [1.807, 2.05) is 24.3 Å². The summed E-state index contributed by atoms with van der Waals surface area (Å²) < 4.78 is 18.8. The van der Waals surface area contributed by atoms with E-state index in [2.05, 4.69) is 22.0 Å². The predicted octanol–water partition coefficient (Wildman–Crippen LogP) is 3.02. The molecule has 2 aromatic rings. The summed E-state index contributed by atoms with van der Waals surface area (Å²) in [6, 6.07) is 14.1. The van der Waals surface area contributed by atoms with Crippen LogP contribution in [-0.4, -0.2) is 61.6 Å². The molecule has 3 rings (SSSR count). The first kappa shape index (κ1) is 20.3. The maximum absolute atomic E-state index is 13.1. The third-order valence-corrected chi connectivity index (χ3v) is 4.98. The fraction of sp³-hybridized carbons (Fsp3) is 0.409. The van der Waals surface area contributed by atoms with Gasteiger partial charge in [-0.15, -0.1) is 0 Å². The monoisotopic (exact) mass is 385 g/mol. The first-order valence-electron chi connectivity index (χ1n) is 9.85. The van der Waals surface area contributed by atoms with Crippen molar-refractivity contribution in [1.82, 2.24) is 9.80 Å². The Morgan fingerprint density at radius 3 is 2.57 bits per heavy atom. The summed E-state index contributed by atoms with van der Waals surface area (Å²) in [6.07, 6.45) is 0.896. The van der Waals surface area contributed by atoms with Crippen LogP contribution in [0.4, 0.5) is 10.1 Å². The van der Waals surface area contributed by atoms with E-state index in [0.717, 1.165) is 50.4 Å². The fourth-order valence-corrected chi connectivity index (χ4v) is 3.36. The van der Waals surface area contributed by atoms with Crippen molar-refractivity contribution in [3.05, 3.63) is 59.9 Å². The zero-order valence-corrected chi connectivity index (χ0v) is 16.4. The van der Waals surface area contributed by atoms with Crippen LogP contribution in [-0.2, 0) is 11.2 Å². The first-order valence-corrected chi connectivity index (χ1v) is 9.85.